The van der Waals surface area contributed by atoms with Crippen LogP contribution in [0.4, 0.5) is 0 Å². The summed E-state index contributed by atoms with van der Waals surface area (Å²) in [5.74, 6) is -0.806. The minimum Gasteiger partial charge on any atom is -0.478 e. The van der Waals surface area contributed by atoms with E-state index in [-0.39, 0.29) is 0 Å². The van der Waals surface area contributed by atoms with Crippen LogP contribution in [0, 0.1) is 20.8 Å². The third-order valence-electron chi connectivity index (χ3n) is 3.48. The van der Waals surface area contributed by atoms with Gasteiger partial charge in [-0.25, -0.2) is 4.79 Å². The molecule has 0 spiro atoms. The first-order valence-corrected chi connectivity index (χ1v) is 5.80. The quantitative estimate of drug-likeness (QED) is 0.847. The molecule has 0 fully saturated rings. The molecule has 2 heteroatoms. The normalized spacial score (nSPS) is 10.6. The Bertz CT molecular complexity index is 400. The van der Waals surface area contributed by atoms with E-state index in [0.717, 1.165) is 24.0 Å². The number of hydrogen-bond donors (Lipinski definition) is 1. The van der Waals surface area contributed by atoms with E-state index in [1.54, 1.807) is 0 Å². The average Bonchev–Trinajstić information content (AvgIpc) is 2.18. The van der Waals surface area contributed by atoms with E-state index in [1.165, 1.54) is 16.7 Å². The average molecular weight is 220 g/mol. The summed E-state index contributed by atoms with van der Waals surface area (Å²) >= 11 is 0. The maximum Gasteiger partial charge on any atom is 0.336 e. The Balaban J connectivity index is 3.70. The van der Waals surface area contributed by atoms with Crippen LogP contribution in [0.5, 0.6) is 0 Å². The second kappa shape index (κ2) is 4.69. The number of carbonyl (C=O) groups is 1. The molecule has 0 unspecified atom stereocenters. The van der Waals surface area contributed by atoms with Gasteiger partial charge in [-0.3, -0.25) is 0 Å². The largest absolute Gasteiger partial charge is 0.478 e. The molecule has 0 saturated carbocycles. The van der Waals surface area contributed by atoms with Gasteiger partial charge in [0.1, 0.15) is 0 Å². The molecule has 0 aliphatic rings. The van der Waals surface area contributed by atoms with Crippen molar-refractivity contribution < 1.29 is 9.90 Å². The van der Waals surface area contributed by atoms with Gasteiger partial charge < -0.3 is 5.11 Å². The summed E-state index contributed by atoms with van der Waals surface area (Å²) in [7, 11) is 0. The van der Waals surface area contributed by atoms with E-state index in [0.29, 0.717) is 5.56 Å². The van der Waals surface area contributed by atoms with Crippen LogP contribution in [-0.2, 0) is 12.8 Å². The zero-order valence-corrected chi connectivity index (χ0v) is 10.8. The van der Waals surface area contributed by atoms with Crippen molar-refractivity contribution in [2.75, 3.05) is 0 Å². The minimum atomic E-state index is -0.806. The Morgan fingerprint density at radius 3 is 1.56 bits per heavy atom. The first-order chi connectivity index (χ1) is 7.45. The fraction of sp³-hybridized carbons (Fsp3) is 0.500. The molecule has 0 amide bonds. The van der Waals surface area contributed by atoms with Crippen LogP contribution in [0.25, 0.3) is 0 Å². The Kier molecular flexibility index (Phi) is 3.74. The van der Waals surface area contributed by atoms with Crippen molar-refractivity contribution in [3.8, 4) is 0 Å². The summed E-state index contributed by atoms with van der Waals surface area (Å²) in [6.07, 6.45) is 1.79. The first-order valence-electron chi connectivity index (χ1n) is 5.80. The van der Waals surface area contributed by atoms with Crippen molar-refractivity contribution in [1.29, 1.82) is 0 Å². The molecule has 0 aliphatic carbocycles. The van der Waals surface area contributed by atoms with Crippen LogP contribution in [0.15, 0.2) is 0 Å². The van der Waals surface area contributed by atoms with Gasteiger partial charge in [-0.1, -0.05) is 13.8 Å². The van der Waals surface area contributed by atoms with Crippen molar-refractivity contribution in [1.82, 2.24) is 0 Å². The topological polar surface area (TPSA) is 37.3 Å². The Morgan fingerprint density at radius 1 is 0.938 bits per heavy atom. The summed E-state index contributed by atoms with van der Waals surface area (Å²) < 4.78 is 0. The molecule has 1 N–H and O–H groups in total. The Morgan fingerprint density at radius 2 is 1.31 bits per heavy atom. The van der Waals surface area contributed by atoms with Crippen molar-refractivity contribution in [2.24, 2.45) is 0 Å². The van der Waals surface area contributed by atoms with Gasteiger partial charge in [0.2, 0.25) is 0 Å². The van der Waals surface area contributed by atoms with E-state index < -0.39 is 5.97 Å². The summed E-state index contributed by atoms with van der Waals surface area (Å²) in [6.45, 7) is 10.1. The monoisotopic (exact) mass is 220 g/mol. The fourth-order valence-electron chi connectivity index (χ4n) is 2.71. The van der Waals surface area contributed by atoms with E-state index in [2.05, 4.69) is 20.8 Å². The predicted octanol–water partition coefficient (Wildman–Crippen LogP) is 3.43. The molecule has 2 nitrogen and oxygen atoms in total. The van der Waals surface area contributed by atoms with Gasteiger partial charge in [-0.2, -0.15) is 0 Å². The minimum absolute atomic E-state index is 0.499. The van der Waals surface area contributed by atoms with Crippen molar-refractivity contribution in [3.63, 3.8) is 0 Å². The summed E-state index contributed by atoms with van der Waals surface area (Å²) in [5.41, 5.74) is 6.02. The van der Waals surface area contributed by atoms with Gasteiger partial charge in [0.05, 0.1) is 5.56 Å². The highest BCUT2D eigenvalue weighted by atomic mass is 16.4. The van der Waals surface area contributed by atoms with Crippen molar-refractivity contribution in [3.05, 3.63) is 33.4 Å². The Labute approximate surface area is 97.3 Å². The van der Waals surface area contributed by atoms with E-state index in [4.69, 9.17) is 0 Å². The lowest BCUT2D eigenvalue weighted by Crippen LogP contribution is -2.11. The van der Waals surface area contributed by atoms with Crippen LogP contribution < -0.4 is 0 Å². The van der Waals surface area contributed by atoms with Crippen LogP contribution in [-0.4, -0.2) is 11.1 Å². The molecule has 0 heterocycles. The highest BCUT2D eigenvalue weighted by Crippen LogP contribution is 2.28. The van der Waals surface area contributed by atoms with Gasteiger partial charge in [0.25, 0.3) is 0 Å². The Hall–Kier alpha value is -1.31. The number of aromatic carboxylic acids is 1. The molecule has 1 aromatic rings. The summed E-state index contributed by atoms with van der Waals surface area (Å²) in [6, 6.07) is 0. The summed E-state index contributed by atoms with van der Waals surface area (Å²) in [4.78, 5) is 11.3. The lowest BCUT2D eigenvalue weighted by Gasteiger charge is -2.18. The lowest BCUT2D eigenvalue weighted by molar-refractivity contribution is 0.0695. The summed E-state index contributed by atoms with van der Waals surface area (Å²) in [5, 5.41) is 9.28. The van der Waals surface area contributed by atoms with Crippen LogP contribution in [0.3, 0.4) is 0 Å². The van der Waals surface area contributed by atoms with Crippen LogP contribution in [0.1, 0.15) is 52.0 Å². The van der Waals surface area contributed by atoms with Gasteiger partial charge >= 0.3 is 5.97 Å². The molecular formula is C14H20O2. The third kappa shape index (κ3) is 1.84. The molecule has 0 aliphatic heterocycles. The molecule has 0 radical (unpaired) electrons. The van der Waals surface area contributed by atoms with Gasteiger partial charge in [-0.15, -0.1) is 0 Å². The molecule has 1 rings (SSSR count). The van der Waals surface area contributed by atoms with E-state index in [9.17, 15) is 9.90 Å². The highest BCUT2D eigenvalue weighted by Gasteiger charge is 2.19. The SMILES string of the molecule is CCc1c(C)c(CC)c(C)c(C(=O)O)c1C. The molecule has 1 aromatic carbocycles. The number of hydrogen-bond acceptors (Lipinski definition) is 1. The van der Waals surface area contributed by atoms with Crippen molar-refractivity contribution in [2.45, 2.75) is 47.5 Å². The van der Waals surface area contributed by atoms with Crippen molar-refractivity contribution >= 4 is 5.97 Å². The zero-order valence-electron chi connectivity index (χ0n) is 10.8. The number of rotatable bonds is 3. The number of carboxylic acids is 1. The number of carboxylic acid groups (broad SMARTS) is 1. The van der Waals surface area contributed by atoms with E-state index in [1.807, 2.05) is 13.8 Å². The highest BCUT2D eigenvalue weighted by molar-refractivity contribution is 5.92. The van der Waals surface area contributed by atoms with Gasteiger partial charge in [0.15, 0.2) is 0 Å². The van der Waals surface area contributed by atoms with E-state index >= 15 is 0 Å². The maximum absolute atomic E-state index is 11.3. The van der Waals surface area contributed by atoms with Gasteiger partial charge in [0, 0.05) is 0 Å². The second-order valence-electron chi connectivity index (χ2n) is 4.22. The molecule has 0 saturated heterocycles. The first kappa shape index (κ1) is 12.8. The molecule has 16 heavy (non-hydrogen) atoms. The van der Waals surface area contributed by atoms with Gasteiger partial charge in [-0.05, 0) is 61.4 Å². The van der Waals surface area contributed by atoms with Crippen LogP contribution in [0.2, 0.25) is 0 Å². The molecule has 0 bridgehead atoms. The zero-order chi connectivity index (χ0) is 12.5. The molecule has 88 valence electrons. The molecule has 0 aromatic heterocycles. The smallest absolute Gasteiger partial charge is 0.336 e. The predicted molar refractivity (Wildman–Crippen MR) is 66.4 cm³/mol. The maximum atomic E-state index is 11.3. The number of benzene rings is 1. The fourth-order valence-corrected chi connectivity index (χ4v) is 2.71. The third-order valence-corrected chi connectivity index (χ3v) is 3.48. The van der Waals surface area contributed by atoms with Crippen LogP contribution >= 0.6 is 0 Å². The standard InChI is InChI=1S/C14H20O2/c1-6-11-8(3)12(7-2)10(5)13(9(11)4)14(15)16/h6-7H2,1-5H3,(H,15,16). The second-order valence-corrected chi connectivity index (χ2v) is 4.22. The molecular weight excluding hydrogens is 200 g/mol. The lowest BCUT2D eigenvalue weighted by atomic mass is 9.86. The molecule has 0 atom stereocenters.